The summed E-state index contributed by atoms with van der Waals surface area (Å²) in [6.07, 6.45) is 3.08. The standard InChI is InChI=1S/C14H21BrN2O/c1-9-4-10(2)11(3)17(7-9)14-12(8-18)5-13(15)6-16-14/h5-6,9-11,18H,4,7-8H2,1-3H3. The lowest BCUT2D eigenvalue weighted by Gasteiger charge is -2.42. The molecule has 2 rings (SSSR count). The fraction of sp³-hybridized carbons (Fsp3) is 0.643. The first-order valence-electron chi connectivity index (χ1n) is 6.54. The summed E-state index contributed by atoms with van der Waals surface area (Å²) in [7, 11) is 0. The molecule has 2 heterocycles. The third-order valence-corrected chi connectivity index (χ3v) is 4.38. The van der Waals surface area contributed by atoms with Gasteiger partial charge in [0, 0.05) is 28.8 Å². The van der Waals surface area contributed by atoms with E-state index in [-0.39, 0.29) is 6.61 Å². The molecule has 1 saturated heterocycles. The molecule has 1 aliphatic heterocycles. The predicted molar refractivity (Wildman–Crippen MR) is 77.6 cm³/mol. The summed E-state index contributed by atoms with van der Waals surface area (Å²) in [6.45, 7) is 7.89. The van der Waals surface area contributed by atoms with E-state index in [9.17, 15) is 5.11 Å². The zero-order valence-corrected chi connectivity index (χ0v) is 12.8. The Morgan fingerprint density at radius 1 is 1.44 bits per heavy atom. The van der Waals surface area contributed by atoms with Crippen LogP contribution in [0.1, 0.15) is 32.8 Å². The van der Waals surface area contributed by atoms with Crippen LogP contribution in [-0.2, 0) is 6.61 Å². The molecule has 1 aliphatic rings. The number of hydrogen-bond donors (Lipinski definition) is 1. The van der Waals surface area contributed by atoms with Crippen LogP contribution in [0.2, 0.25) is 0 Å². The quantitative estimate of drug-likeness (QED) is 0.911. The molecule has 0 spiro atoms. The van der Waals surface area contributed by atoms with E-state index in [1.54, 1.807) is 0 Å². The minimum Gasteiger partial charge on any atom is -0.392 e. The largest absolute Gasteiger partial charge is 0.392 e. The van der Waals surface area contributed by atoms with Gasteiger partial charge in [0.15, 0.2) is 0 Å². The zero-order chi connectivity index (χ0) is 13.3. The summed E-state index contributed by atoms with van der Waals surface area (Å²) < 4.78 is 0.918. The van der Waals surface area contributed by atoms with E-state index < -0.39 is 0 Å². The molecule has 1 aromatic rings. The second kappa shape index (κ2) is 5.57. The van der Waals surface area contributed by atoms with Crippen LogP contribution in [0, 0.1) is 11.8 Å². The highest BCUT2D eigenvalue weighted by molar-refractivity contribution is 9.10. The number of hydrogen-bond acceptors (Lipinski definition) is 3. The Morgan fingerprint density at radius 3 is 2.83 bits per heavy atom. The Hall–Kier alpha value is -0.610. The van der Waals surface area contributed by atoms with Crippen molar-refractivity contribution in [3.05, 3.63) is 22.3 Å². The zero-order valence-electron chi connectivity index (χ0n) is 11.2. The van der Waals surface area contributed by atoms with Crippen molar-refractivity contribution in [1.29, 1.82) is 0 Å². The molecule has 3 unspecified atom stereocenters. The fourth-order valence-corrected chi connectivity index (χ4v) is 3.22. The molecular formula is C14H21BrN2O. The van der Waals surface area contributed by atoms with Gasteiger partial charge in [-0.05, 0) is 47.2 Å². The molecule has 100 valence electrons. The second-order valence-electron chi connectivity index (χ2n) is 5.51. The van der Waals surface area contributed by atoms with Crippen molar-refractivity contribution in [3.63, 3.8) is 0 Å². The van der Waals surface area contributed by atoms with Gasteiger partial charge < -0.3 is 10.0 Å². The smallest absolute Gasteiger partial charge is 0.134 e. The molecule has 0 bridgehead atoms. The molecule has 0 aliphatic carbocycles. The average Bonchev–Trinajstić information content (AvgIpc) is 2.34. The van der Waals surface area contributed by atoms with Gasteiger partial charge in [-0.1, -0.05) is 13.8 Å². The molecule has 4 heteroatoms. The Morgan fingerprint density at radius 2 is 2.17 bits per heavy atom. The van der Waals surface area contributed by atoms with Gasteiger partial charge in [-0.25, -0.2) is 4.98 Å². The third-order valence-electron chi connectivity index (χ3n) is 3.95. The van der Waals surface area contributed by atoms with Crippen molar-refractivity contribution in [1.82, 2.24) is 4.98 Å². The number of piperidine rings is 1. The number of halogens is 1. The maximum absolute atomic E-state index is 9.50. The molecule has 3 atom stereocenters. The Labute approximate surface area is 117 Å². The predicted octanol–water partition coefficient (Wildman–Crippen LogP) is 3.21. The lowest BCUT2D eigenvalue weighted by molar-refractivity contribution is 0.274. The Bertz CT molecular complexity index is 424. The van der Waals surface area contributed by atoms with E-state index in [0.717, 1.165) is 22.4 Å². The first-order valence-corrected chi connectivity index (χ1v) is 7.34. The van der Waals surface area contributed by atoms with Gasteiger partial charge in [-0.15, -0.1) is 0 Å². The molecule has 0 saturated carbocycles. The van der Waals surface area contributed by atoms with E-state index in [0.29, 0.717) is 17.9 Å². The van der Waals surface area contributed by atoms with Crippen LogP contribution < -0.4 is 4.90 Å². The molecule has 1 aromatic heterocycles. The lowest BCUT2D eigenvalue weighted by atomic mass is 9.86. The number of anilines is 1. The molecule has 18 heavy (non-hydrogen) atoms. The van der Waals surface area contributed by atoms with Crippen molar-refractivity contribution in [3.8, 4) is 0 Å². The van der Waals surface area contributed by atoms with Gasteiger partial charge in [-0.3, -0.25) is 0 Å². The Kier molecular flexibility index (Phi) is 4.28. The number of rotatable bonds is 2. The van der Waals surface area contributed by atoms with Gasteiger partial charge in [0.2, 0.25) is 0 Å². The third kappa shape index (κ3) is 2.69. The minimum atomic E-state index is 0.0355. The first-order chi connectivity index (χ1) is 8.52. The number of aromatic nitrogens is 1. The van der Waals surface area contributed by atoms with E-state index in [1.165, 1.54) is 6.42 Å². The Balaban J connectivity index is 2.34. The molecular weight excluding hydrogens is 292 g/mol. The van der Waals surface area contributed by atoms with Gasteiger partial charge >= 0.3 is 0 Å². The second-order valence-corrected chi connectivity index (χ2v) is 6.42. The van der Waals surface area contributed by atoms with Crippen LogP contribution in [0.15, 0.2) is 16.7 Å². The van der Waals surface area contributed by atoms with E-state index in [1.807, 2.05) is 12.3 Å². The highest BCUT2D eigenvalue weighted by atomic mass is 79.9. The summed E-state index contributed by atoms with van der Waals surface area (Å²) in [4.78, 5) is 6.86. The van der Waals surface area contributed by atoms with Crippen LogP contribution in [0.4, 0.5) is 5.82 Å². The molecule has 1 fully saturated rings. The average molecular weight is 313 g/mol. The minimum absolute atomic E-state index is 0.0355. The monoisotopic (exact) mass is 312 g/mol. The highest BCUT2D eigenvalue weighted by Gasteiger charge is 2.30. The summed E-state index contributed by atoms with van der Waals surface area (Å²) in [5.74, 6) is 2.27. The van der Waals surface area contributed by atoms with Crippen LogP contribution in [0.3, 0.4) is 0 Å². The molecule has 3 nitrogen and oxygen atoms in total. The number of aliphatic hydroxyl groups excluding tert-OH is 1. The van der Waals surface area contributed by atoms with Crippen LogP contribution in [0.5, 0.6) is 0 Å². The summed E-state index contributed by atoms with van der Waals surface area (Å²) in [5, 5.41) is 9.50. The van der Waals surface area contributed by atoms with Crippen LogP contribution in [-0.4, -0.2) is 22.7 Å². The molecule has 0 amide bonds. The lowest BCUT2D eigenvalue weighted by Crippen LogP contribution is -2.46. The summed E-state index contributed by atoms with van der Waals surface area (Å²) >= 11 is 3.41. The fourth-order valence-electron chi connectivity index (χ4n) is 2.84. The molecule has 0 radical (unpaired) electrons. The summed E-state index contributed by atoms with van der Waals surface area (Å²) in [6, 6.07) is 2.43. The maximum atomic E-state index is 9.50. The van der Waals surface area contributed by atoms with Crippen molar-refractivity contribution >= 4 is 21.7 Å². The first kappa shape index (κ1) is 13.8. The van der Waals surface area contributed by atoms with Gasteiger partial charge in [-0.2, -0.15) is 0 Å². The highest BCUT2D eigenvalue weighted by Crippen LogP contribution is 2.32. The van der Waals surface area contributed by atoms with Crippen molar-refractivity contribution < 1.29 is 5.11 Å². The maximum Gasteiger partial charge on any atom is 0.134 e. The van der Waals surface area contributed by atoms with Crippen molar-refractivity contribution in [2.24, 2.45) is 11.8 Å². The number of aliphatic hydroxyl groups is 1. The topological polar surface area (TPSA) is 36.4 Å². The molecule has 0 aromatic carbocycles. The van der Waals surface area contributed by atoms with Gasteiger partial charge in [0.05, 0.1) is 6.61 Å². The normalized spacial score (nSPS) is 28.5. The van der Waals surface area contributed by atoms with Gasteiger partial charge in [0.25, 0.3) is 0 Å². The van der Waals surface area contributed by atoms with Crippen molar-refractivity contribution in [2.45, 2.75) is 39.8 Å². The van der Waals surface area contributed by atoms with Crippen molar-refractivity contribution in [2.75, 3.05) is 11.4 Å². The van der Waals surface area contributed by atoms with Crippen LogP contribution in [0.25, 0.3) is 0 Å². The SMILES string of the molecule is CC1CC(C)C(C)N(c2ncc(Br)cc2CO)C1. The van der Waals surface area contributed by atoms with Crippen LogP contribution >= 0.6 is 15.9 Å². The van der Waals surface area contributed by atoms with E-state index >= 15 is 0 Å². The number of nitrogens with zero attached hydrogens (tertiary/aromatic N) is 2. The number of pyridine rings is 1. The molecule has 1 N–H and O–H groups in total. The van der Waals surface area contributed by atoms with Gasteiger partial charge in [0.1, 0.15) is 5.82 Å². The van der Waals surface area contributed by atoms with E-state index in [2.05, 4.69) is 46.6 Å². The summed E-state index contributed by atoms with van der Waals surface area (Å²) in [5.41, 5.74) is 0.900. The van der Waals surface area contributed by atoms with E-state index in [4.69, 9.17) is 0 Å².